The Bertz CT molecular complexity index is 390. The van der Waals surface area contributed by atoms with Crippen LogP contribution in [-0.2, 0) is 9.53 Å². The molecule has 0 aliphatic rings. The number of rotatable bonds is 11. The quantitative estimate of drug-likeness (QED) is 0.425. The smallest absolute Gasteiger partial charge is 0.344 e. The van der Waals surface area contributed by atoms with E-state index < -0.39 is 0 Å². The lowest BCUT2D eigenvalue weighted by molar-refractivity contribution is -0.146. The first-order chi connectivity index (χ1) is 10.2. The summed E-state index contributed by atoms with van der Waals surface area (Å²) >= 11 is 5.77. The third-order valence-electron chi connectivity index (χ3n) is 3.18. The summed E-state index contributed by atoms with van der Waals surface area (Å²) in [5, 5.41) is 0.642. The van der Waals surface area contributed by atoms with Gasteiger partial charge >= 0.3 is 5.97 Å². The molecule has 0 spiro atoms. The zero-order valence-electron chi connectivity index (χ0n) is 12.8. The van der Waals surface area contributed by atoms with Crippen molar-refractivity contribution >= 4 is 17.6 Å². The van der Waals surface area contributed by atoms with Crippen molar-refractivity contribution in [3.8, 4) is 5.75 Å². The van der Waals surface area contributed by atoms with Crippen LogP contribution in [0.3, 0.4) is 0 Å². The fourth-order valence-electron chi connectivity index (χ4n) is 1.96. The number of ether oxygens (including phenoxy) is 2. The predicted molar refractivity (Wildman–Crippen MR) is 85.9 cm³/mol. The van der Waals surface area contributed by atoms with E-state index in [9.17, 15) is 4.79 Å². The van der Waals surface area contributed by atoms with E-state index in [0.717, 1.165) is 12.8 Å². The predicted octanol–water partition coefficient (Wildman–Crippen LogP) is 5.01. The second-order valence-electron chi connectivity index (χ2n) is 5.08. The second-order valence-corrected chi connectivity index (χ2v) is 5.52. The number of carbonyl (C=O) groups is 1. The number of benzene rings is 1. The first kappa shape index (κ1) is 17.8. The van der Waals surface area contributed by atoms with Crippen LogP contribution >= 0.6 is 11.6 Å². The summed E-state index contributed by atoms with van der Waals surface area (Å²) in [6.07, 6.45) is 8.45. The number of halogens is 1. The Morgan fingerprint density at radius 2 is 1.62 bits per heavy atom. The lowest BCUT2D eigenvalue weighted by Crippen LogP contribution is -2.15. The molecular weight excluding hydrogens is 288 g/mol. The Labute approximate surface area is 132 Å². The average Bonchev–Trinajstić information content (AvgIpc) is 2.49. The van der Waals surface area contributed by atoms with Gasteiger partial charge in [-0.05, 0) is 30.7 Å². The monoisotopic (exact) mass is 312 g/mol. The third kappa shape index (κ3) is 9.35. The highest BCUT2D eigenvalue weighted by atomic mass is 35.5. The van der Waals surface area contributed by atoms with Gasteiger partial charge < -0.3 is 9.47 Å². The van der Waals surface area contributed by atoms with E-state index in [0.29, 0.717) is 17.4 Å². The Kier molecular flexibility index (Phi) is 9.71. The van der Waals surface area contributed by atoms with Gasteiger partial charge in [-0.15, -0.1) is 0 Å². The van der Waals surface area contributed by atoms with E-state index in [1.54, 1.807) is 24.3 Å². The molecule has 0 unspecified atom stereocenters. The standard InChI is InChI=1S/C17H25ClO3/c1-2-3-4-5-6-7-8-13-20-17(19)14-21-16-11-9-15(18)10-12-16/h9-12H,2-8,13-14H2,1H3. The molecule has 0 bridgehead atoms. The number of carbonyl (C=O) groups excluding carboxylic acids is 1. The van der Waals surface area contributed by atoms with Crippen LogP contribution in [0.2, 0.25) is 5.02 Å². The molecule has 3 nitrogen and oxygen atoms in total. The Morgan fingerprint density at radius 3 is 2.29 bits per heavy atom. The third-order valence-corrected chi connectivity index (χ3v) is 3.43. The molecule has 21 heavy (non-hydrogen) atoms. The van der Waals surface area contributed by atoms with Crippen LogP contribution < -0.4 is 4.74 Å². The summed E-state index contributed by atoms with van der Waals surface area (Å²) in [4.78, 5) is 11.5. The molecule has 0 saturated heterocycles. The van der Waals surface area contributed by atoms with Gasteiger partial charge in [-0.2, -0.15) is 0 Å². The molecule has 0 amide bonds. The molecule has 0 aliphatic heterocycles. The Morgan fingerprint density at radius 1 is 1.00 bits per heavy atom. The minimum Gasteiger partial charge on any atom is -0.482 e. The fourth-order valence-corrected chi connectivity index (χ4v) is 2.09. The topological polar surface area (TPSA) is 35.5 Å². The van der Waals surface area contributed by atoms with Crippen molar-refractivity contribution in [1.82, 2.24) is 0 Å². The first-order valence-corrected chi connectivity index (χ1v) is 8.14. The van der Waals surface area contributed by atoms with Gasteiger partial charge in [-0.25, -0.2) is 4.79 Å². The minimum absolute atomic E-state index is 0.0574. The van der Waals surface area contributed by atoms with Crippen molar-refractivity contribution in [2.45, 2.75) is 51.9 Å². The van der Waals surface area contributed by atoms with E-state index in [-0.39, 0.29) is 12.6 Å². The summed E-state index contributed by atoms with van der Waals surface area (Å²) in [6, 6.07) is 6.90. The summed E-state index contributed by atoms with van der Waals surface area (Å²) in [5.74, 6) is 0.295. The molecule has 0 radical (unpaired) electrons. The van der Waals surface area contributed by atoms with Crippen molar-refractivity contribution in [3.63, 3.8) is 0 Å². The van der Waals surface area contributed by atoms with E-state index in [1.807, 2.05) is 0 Å². The van der Waals surface area contributed by atoms with Gasteiger partial charge in [0.15, 0.2) is 6.61 Å². The number of hydrogen-bond acceptors (Lipinski definition) is 3. The zero-order chi connectivity index (χ0) is 15.3. The van der Waals surface area contributed by atoms with Crippen LogP contribution in [0.1, 0.15) is 51.9 Å². The molecule has 0 heterocycles. The van der Waals surface area contributed by atoms with Gasteiger partial charge in [0, 0.05) is 5.02 Å². The van der Waals surface area contributed by atoms with Crippen molar-refractivity contribution in [3.05, 3.63) is 29.3 Å². The lowest BCUT2D eigenvalue weighted by Gasteiger charge is -2.07. The maximum Gasteiger partial charge on any atom is 0.344 e. The summed E-state index contributed by atoms with van der Waals surface area (Å²) in [5.41, 5.74) is 0. The Hall–Kier alpha value is -1.22. The molecule has 118 valence electrons. The molecule has 0 fully saturated rings. The summed E-state index contributed by atoms with van der Waals surface area (Å²) in [7, 11) is 0. The van der Waals surface area contributed by atoms with Crippen molar-refractivity contribution in [2.75, 3.05) is 13.2 Å². The molecule has 1 rings (SSSR count). The van der Waals surface area contributed by atoms with Gasteiger partial charge in [-0.3, -0.25) is 0 Å². The molecule has 0 atom stereocenters. The van der Waals surface area contributed by atoms with Gasteiger partial charge in [0.25, 0.3) is 0 Å². The van der Waals surface area contributed by atoms with Gasteiger partial charge in [-0.1, -0.05) is 57.0 Å². The molecule has 1 aromatic carbocycles. The molecule has 1 aromatic rings. The van der Waals surface area contributed by atoms with Crippen LogP contribution in [0.15, 0.2) is 24.3 Å². The molecule has 0 saturated carbocycles. The molecular formula is C17H25ClO3. The summed E-state index contributed by atoms with van der Waals surface area (Å²) in [6.45, 7) is 2.64. The highest BCUT2D eigenvalue weighted by Crippen LogP contribution is 2.15. The van der Waals surface area contributed by atoms with Gasteiger partial charge in [0.05, 0.1) is 6.61 Å². The maximum atomic E-state index is 11.5. The molecule has 4 heteroatoms. The Balaban J connectivity index is 1.97. The number of hydrogen-bond donors (Lipinski definition) is 0. The molecule has 0 aromatic heterocycles. The van der Waals surface area contributed by atoms with Gasteiger partial charge in [0.1, 0.15) is 5.75 Å². The van der Waals surface area contributed by atoms with E-state index in [1.165, 1.54) is 32.1 Å². The van der Waals surface area contributed by atoms with Crippen molar-refractivity contribution in [1.29, 1.82) is 0 Å². The van der Waals surface area contributed by atoms with Gasteiger partial charge in [0.2, 0.25) is 0 Å². The summed E-state index contributed by atoms with van der Waals surface area (Å²) < 4.78 is 10.4. The highest BCUT2D eigenvalue weighted by Gasteiger charge is 2.04. The van der Waals surface area contributed by atoms with E-state index in [4.69, 9.17) is 21.1 Å². The fraction of sp³-hybridized carbons (Fsp3) is 0.588. The largest absolute Gasteiger partial charge is 0.482 e. The minimum atomic E-state index is -0.323. The van der Waals surface area contributed by atoms with E-state index >= 15 is 0 Å². The average molecular weight is 313 g/mol. The van der Waals surface area contributed by atoms with Crippen LogP contribution in [0.25, 0.3) is 0 Å². The number of unbranched alkanes of at least 4 members (excludes halogenated alkanes) is 6. The SMILES string of the molecule is CCCCCCCCCOC(=O)COc1ccc(Cl)cc1. The molecule has 0 N–H and O–H groups in total. The van der Waals surface area contributed by atoms with Crippen LogP contribution in [0.4, 0.5) is 0 Å². The van der Waals surface area contributed by atoms with Crippen LogP contribution in [-0.4, -0.2) is 19.2 Å². The van der Waals surface area contributed by atoms with Crippen molar-refractivity contribution < 1.29 is 14.3 Å². The first-order valence-electron chi connectivity index (χ1n) is 7.76. The van der Waals surface area contributed by atoms with Crippen molar-refractivity contribution in [2.24, 2.45) is 0 Å². The van der Waals surface area contributed by atoms with Crippen LogP contribution in [0.5, 0.6) is 5.75 Å². The second kappa shape index (κ2) is 11.4. The normalized spacial score (nSPS) is 10.4. The number of esters is 1. The maximum absolute atomic E-state index is 11.5. The lowest BCUT2D eigenvalue weighted by atomic mass is 10.1. The van der Waals surface area contributed by atoms with Crippen LogP contribution in [0, 0.1) is 0 Å². The van der Waals surface area contributed by atoms with E-state index in [2.05, 4.69) is 6.92 Å². The molecule has 0 aliphatic carbocycles. The zero-order valence-corrected chi connectivity index (χ0v) is 13.5. The highest BCUT2D eigenvalue weighted by molar-refractivity contribution is 6.30.